The minimum Gasteiger partial charge on any atom is -0.349 e. The summed E-state index contributed by atoms with van der Waals surface area (Å²) in [6.45, 7) is 4.09. The van der Waals surface area contributed by atoms with E-state index in [1.165, 1.54) is 6.07 Å². The first kappa shape index (κ1) is 15.7. The lowest BCUT2D eigenvalue weighted by Crippen LogP contribution is -2.34. The molecule has 0 saturated carbocycles. The number of hydrogen-bond donors (Lipinski definition) is 2. The zero-order valence-electron chi connectivity index (χ0n) is 13.2. The van der Waals surface area contributed by atoms with Crippen LogP contribution >= 0.6 is 0 Å². The van der Waals surface area contributed by atoms with Gasteiger partial charge in [0.1, 0.15) is 0 Å². The molecule has 0 bridgehead atoms. The molecule has 3 heterocycles. The Bertz CT molecular complexity index is 1030. The largest absolute Gasteiger partial charge is 0.349 e. The van der Waals surface area contributed by atoms with Gasteiger partial charge in [-0.2, -0.15) is 5.10 Å². The van der Waals surface area contributed by atoms with Crippen molar-refractivity contribution in [3.8, 4) is 0 Å². The molecule has 0 atom stereocenters. The molecule has 0 aromatic carbocycles. The van der Waals surface area contributed by atoms with E-state index in [4.69, 9.17) is 0 Å². The van der Waals surface area contributed by atoms with Crippen molar-refractivity contribution < 1.29 is 4.79 Å². The summed E-state index contributed by atoms with van der Waals surface area (Å²) in [6.07, 6.45) is 0. The standard InChI is InChI=1S/C15H16N6O3/c1-9-7-10(2)21-12(17-9)8-11(18-21)15(24)16-5-6-20-14(23)4-3-13(22)19-20/h3-4,7-8H,5-6H2,1-2H3,(H,16,24)(H,19,22). The van der Waals surface area contributed by atoms with Crippen molar-refractivity contribution in [2.24, 2.45) is 0 Å². The number of nitrogens with zero attached hydrogens (tertiary/aromatic N) is 4. The predicted molar refractivity (Wildman–Crippen MR) is 86.1 cm³/mol. The van der Waals surface area contributed by atoms with Crippen molar-refractivity contribution in [2.45, 2.75) is 20.4 Å². The van der Waals surface area contributed by atoms with E-state index in [2.05, 4.69) is 20.5 Å². The van der Waals surface area contributed by atoms with Gasteiger partial charge >= 0.3 is 0 Å². The van der Waals surface area contributed by atoms with Crippen molar-refractivity contribution in [3.63, 3.8) is 0 Å². The number of H-pyrrole nitrogens is 1. The Balaban J connectivity index is 1.71. The molecule has 0 fully saturated rings. The third-order valence-electron chi connectivity index (χ3n) is 3.48. The molecule has 1 amide bonds. The van der Waals surface area contributed by atoms with E-state index in [0.29, 0.717) is 5.65 Å². The molecular weight excluding hydrogens is 312 g/mol. The summed E-state index contributed by atoms with van der Waals surface area (Å²) in [5.41, 5.74) is 1.85. The van der Waals surface area contributed by atoms with Crippen LogP contribution in [0.1, 0.15) is 21.9 Å². The van der Waals surface area contributed by atoms with E-state index in [-0.39, 0.29) is 35.8 Å². The molecule has 24 heavy (non-hydrogen) atoms. The Labute approximate surface area is 135 Å². The van der Waals surface area contributed by atoms with Crippen LogP contribution in [0.25, 0.3) is 5.65 Å². The lowest BCUT2D eigenvalue weighted by molar-refractivity contribution is 0.0946. The highest BCUT2D eigenvalue weighted by Crippen LogP contribution is 2.08. The fourth-order valence-electron chi connectivity index (χ4n) is 2.40. The average Bonchev–Trinajstić information content (AvgIpc) is 2.95. The maximum Gasteiger partial charge on any atom is 0.271 e. The second-order valence-corrected chi connectivity index (χ2v) is 5.39. The summed E-state index contributed by atoms with van der Waals surface area (Å²) in [5, 5.41) is 9.28. The minimum absolute atomic E-state index is 0.157. The van der Waals surface area contributed by atoms with Crippen LogP contribution in [-0.4, -0.2) is 36.8 Å². The van der Waals surface area contributed by atoms with E-state index in [1.807, 2.05) is 19.9 Å². The van der Waals surface area contributed by atoms with Crippen LogP contribution in [0.5, 0.6) is 0 Å². The Morgan fingerprint density at radius 2 is 2.04 bits per heavy atom. The number of amides is 1. The van der Waals surface area contributed by atoms with Gasteiger partial charge in [-0.25, -0.2) is 14.2 Å². The molecule has 0 aliphatic carbocycles. The molecule has 0 aliphatic rings. The predicted octanol–water partition coefficient (Wildman–Crippen LogP) is -0.374. The molecule has 124 valence electrons. The lowest BCUT2D eigenvalue weighted by atomic mass is 10.3. The number of aryl methyl sites for hydroxylation is 2. The molecule has 0 unspecified atom stereocenters. The maximum atomic E-state index is 12.2. The fourth-order valence-corrected chi connectivity index (χ4v) is 2.40. The minimum atomic E-state index is -0.377. The van der Waals surface area contributed by atoms with Crippen LogP contribution in [0, 0.1) is 13.8 Å². The third kappa shape index (κ3) is 3.09. The Kier molecular flexibility index (Phi) is 3.98. The van der Waals surface area contributed by atoms with Gasteiger partial charge < -0.3 is 5.32 Å². The lowest BCUT2D eigenvalue weighted by Gasteiger charge is -2.05. The van der Waals surface area contributed by atoms with Gasteiger partial charge in [0.15, 0.2) is 11.3 Å². The van der Waals surface area contributed by atoms with Crippen LogP contribution in [0.15, 0.2) is 33.9 Å². The molecular formula is C15H16N6O3. The van der Waals surface area contributed by atoms with Crippen LogP contribution in [-0.2, 0) is 6.54 Å². The number of hydrogen-bond acceptors (Lipinski definition) is 5. The summed E-state index contributed by atoms with van der Waals surface area (Å²) >= 11 is 0. The molecule has 3 rings (SSSR count). The molecule has 2 N–H and O–H groups in total. The van der Waals surface area contributed by atoms with Gasteiger partial charge in [-0.1, -0.05) is 0 Å². The molecule has 0 aliphatic heterocycles. The summed E-state index contributed by atoms with van der Waals surface area (Å²) in [7, 11) is 0. The van der Waals surface area contributed by atoms with Gasteiger partial charge in [0, 0.05) is 36.1 Å². The highest BCUT2D eigenvalue weighted by molar-refractivity contribution is 5.93. The molecule has 0 radical (unpaired) electrons. The SMILES string of the molecule is Cc1cc(C)n2nc(C(=O)NCCn3[nH]c(=O)ccc3=O)cc2n1. The number of carbonyl (C=O) groups is 1. The fraction of sp³-hybridized carbons (Fsp3) is 0.267. The van der Waals surface area contributed by atoms with E-state index < -0.39 is 0 Å². The average molecular weight is 328 g/mol. The number of carbonyl (C=O) groups excluding carboxylic acids is 1. The number of nitrogens with one attached hydrogen (secondary N) is 2. The van der Waals surface area contributed by atoms with E-state index in [0.717, 1.165) is 22.1 Å². The van der Waals surface area contributed by atoms with Gasteiger partial charge in [-0.3, -0.25) is 19.5 Å². The third-order valence-corrected chi connectivity index (χ3v) is 3.48. The highest BCUT2D eigenvalue weighted by atomic mass is 16.2. The molecule has 0 saturated heterocycles. The van der Waals surface area contributed by atoms with Crippen LogP contribution in [0.4, 0.5) is 0 Å². The van der Waals surface area contributed by atoms with Crippen LogP contribution < -0.4 is 16.4 Å². The van der Waals surface area contributed by atoms with Crippen molar-refractivity contribution in [1.82, 2.24) is 29.7 Å². The van der Waals surface area contributed by atoms with Gasteiger partial charge in [0.25, 0.3) is 17.0 Å². The van der Waals surface area contributed by atoms with Crippen molar-refractivity contribution >= 4 is 11.6 Å². The van der Waals surface area contributed by atoms with Crippen LogP contribution in [0.2, 0.25) is 0 Å². The number of aromatic nitrogens is 5. The Hall–Kier alpha value is -3.23. The van der Waals surface area contributed by atoms with E-state index in [9.17, 15) is 14.4 Å². The van der Waals surface area contributed by atoms with Gasteiger partial charge in [0.05, 0.1) is 6.54 Å². The van der Waals surface area contributed by atoms with Crippen molar-refractivity contribution in [2.75, 3.05) is 6.54 Å². The Morgan fingerprint density at radius 3 is 2.83 bits per heavy atom. The normalized spacial score (nSPS) is 10.9. The number of aromatic amines is 1. The Morgan fingerprint density at radius 1 is 1.25 bits per heavy atom. The zero-order valence-corrected chi connectivity index (χ0v) is 13.2. The second-order valence-electron chi connectivity index (χ2n) is 5.39. The quantitative estimate of drug-likeness (QED) is 0.678. The van der Waals surface area contributed by atoms with Gasteiger partial charge in [0.2, 0.25) is 0 Å². The first-order valence-corrected chi connectivity index (χ1v) is 7.36. The topological polar surface area (TPSA) is 114 Å². The summed E-state index contributed by atoms with van der Waals surface area (Å²) < 4.78 is 2.74. The van der Waals surface area contributed by atoms with Crippen LogP contribution in [0.3, 0.4) is 0 Å². The maximum absolute atomic E-state index is 12.2. The number of fused-ring (bicyclic) bond motifs is 1. The van der Waals surface area contributed by atoms with E-state index >= 15 is 0 Å². The summed E-state index contributed by atoms with van der Waals surface area (Å²) in [5.74, 6) is -0.371. The first-order chi connectivity index (χ1) is 11.4. The van der Waals surface area contributed by atoms with Gasteiger partial charge in [-0.05, 0) is 19.9 Å². The highest BCUT2D eigenvalue weighted by Gasteiger charge is 2.12. The van der Waals surface area contributed by atoms with Crippen molar-refractivity contribution in [3.05, 3.63) is 62.1 Å². The first-order valence-electron chi connectivity index (χ1n) is 7.36. The van der Waals surface area contributed by atoms with E-state index in [1.54, 1.807) is 10.6 Å². The smallest absolute Gasteiger partial charge is 0.271 e. The summed E-state index contributed by atoms with van der Waals surface area (Å²) in [6, 6.07) is 5.82. The summed E-state index contributed by atoms with van der Waals surface area (Å²) in [4.78, 5) is 39.3. The monoisotopic (exact) mass is 328 g/mol. The molecule has 0 spiro atoms. The molecule has 3 aromatic heterocycles. The van der Waals surface area contributed by atoms with Crippen molar-refractivity contribution in [1.29, 1.82) is 0 Å². The molecule has 9 heteroatoms. The second kappa shape index (κ2) is 6.11. The molecule has 9 nitrogen and oxygen atoms in total. The molecule has 3 aromatic rings. The zero-order chi connectivity index (χ0) is 17.3. The van der Waals surface area contributed by atoms with Gasteiger partial charge in [-0.15, -0.1) is 0 Å². The number of rotatable bonds is 4.